The zero-order chi connectivity index (χ0) is 13.5. The van der Waals surface area contributed by atoms with Gasteiger partial charge < -0.3 is 9.64 Å². The highest BCUT2D eigenvalue weighted by molar-refractivity contribution is 6.31. The summed E-state index contributed by atoms with van der Waals surface area (Å²) in [6.45, 7) is 0.430. The van der Waals surface area contributed by atoms with Gasteiger partial charge >= 0.3 is 5.97 Å². The summed E-state index contributed by atoms with van der Waals surface area (Å²) in [6.07, 6.45) is 0.246. The highest BCUT2D eigenvalue weighted by atomic mass is 35.5. The van der Waals surface area contributed by atoms with Crippen molar-refractivity contribution in [3.05, 3.63) is 34.9 Å². The second kappa shape index (κ2) is 7.01. The molecule has 0 spiro atoms. The van der Waals surface area contributed by atoms with E-state index in [4.69, 9.17) is 11.6 Å². The molecule has 98 valence electrons. The van der Waals surface area contributed by atoms with Crippen molar-refractivity contribution < 1.29 is 14.3 Å². The predicted octanol–water partition coefficient (Wildman–Crippen LogP) is 2.25. The lowest BCUT2D eigenvalue weighted by Crippen LogP contribution is -2.26. The van der Waals surface area contributed by atoms with Gasteiger partial charge in [-0.3, -0.25) is 9.59 Å². The zero-order valence-corrected chi connectivity index (χ0v) is 11.2. The van der Waals surface area contributed by atoms with Crippen molar-refractivity contribution in [3.63, 3.8) is 0 Å². The Morgan fingerprint density at radius 2 is 1.94 bits per heavy atom. The first kappa shape index (κ1) is 14.5. The molecule has 1 rings (SSSR count). The number of carbonyl (C=O) groups excluding carboxylic acids is 2. The molecule has 5 heteroatoms. The molecular formula is C13H16ClNO3. The van der Waals surface area contributed by atoms with Gasteiger partial charge in [-0.05, 0) is 11.6 Å². The molecule has 18 heavy (non-hydrogen) atoms. The first-order valence-electron chi connectivity index (χ1n) is 5.58. The summed E-state index contributed by atoms with van der Waals surface area (Å²) in [6, 6.07) is 7.36. The van der Waals surface area contributed by atoms with Gasteiger partial charge in [0.2, 0.25) is 5.91 Å². The zero-order valence-electron chi connectivity index (χ0n) is 10.5. The molecule has 4 nitrogen and oxygen atoms in total. The number of methoxy groups -OCH3 is 1. The summed E-state index contributed by atoms with van der Waals surface area (Å²) in [5.74, 6) is -0.491. The van der Waals surface area contributed by atoms with Gasteiger partial charge in [-0.25, -0.2) is 0 Å². The fourth-order valence-electron chi connectivity index (χ4n) is 1.47. The molecular weight excluding hydrogens is 254 g/mol. The molecule has 0 aliphatic heterocycles. The third-order valence-electron chi connectivity index (χ3n) is 2.56. The highest BCUT2D eigenvalue weighted by Gasteiger charge is 2.12. The van der Waals surface area contributed by atoms with Crippen LogP contribution in [0.4, 0.5) is 0 Å². The van der Waals surface area contributed by atoms with Gasteiger partial charge in [0.15, 0.2) is 0 Å². The maximum absolute atomic E-state index is 11.8. The molecule has 0 fully saturated rings. The minimum atomic E-state index is -0.380. The number of hydrogen-bond acceptors (Lipinski definition) is 3. The van der Waals surface area contributed by atoms with E-state index in [1.165, 1.54) is 7.11 Å². The molecule has 0 heterocycles. The number of carbonyl (C=O) groups is 2. The van der Waals surface area contributed by atoms with Crippen LogP contribution in [0.3, 0.4) is 0 Å². The lowest BCUT2D eigenvalue weighted by molar-refractivity contribution is -0.143. The van der Waals surface area contributed by atoms with Gasteiger partial charge in [-0.1, -0.05) is 29.8 Å². The Bertz CT molecular complexity index is 434. The molecule has 0 aliphatic rings. The minimum Gasteiger partial charge on any atom is -0.469 e. The molecule has 0 N–H and O–H groups in total. The Hall–Kier alpha value is -1.55. The Labute approximate surface area is 111 Å². The maximum atomic E-state index is 11.8. The van der Waals surface area contributed by atoms with Gasteiger partial charge in [0.1, 0.15) is 0 Å². The smallest absolute Gasteiger partial charge is 0.306 e. The third-order valence-corrected chi connectivity index (χ3v) is 2.93. The quantitative estimate of drug-likeness (QED) is 0.770. The summed E-state index contributed by atoms with van der Waals surface area (Å²) in [5.41, 5.74) is 0.882. The van der Waals surface area contributed by atoms with Crippen LogP contribution in [0.1, 0.15) is 18.4 Å². The van der Waals surface area contributed by atoms with E-state index in [2.05, 4.69) is 4.74 Å². The Morgan fingerprint density at radius 3 is 2.56 bits per heavy atom. The van der Waals surface area contributed by atoms with Crippen LogP contribution in [-0.4, -0.2) is 30.9 Å². The number of rotatable bonds is 5. The van der Waals surface area contributed by atoms with Crippen molar-refractivity contribution >= 4 is 23.5 Å². The lowest BCUT2D eigenvalue weighted by Gasteiger charge is -2.17. The maximum Gasteiger partial charge on any atom is 0.306 e. The number of esters is 1. The second-order valence-electron chi connectivity index (χ2n) is 3.92. The molecule has 1 aromatic rings. The topological polar surface area (TPSA) is 46.6 Å². The van der Waals surface area contributed by atoms with E-state index < -0.39 is 0 Å². The summed E-state index contributed by atoms with van der Waals surface area (Å²) in [4.78, 5) is 24.2. The molecule has 0 radical (unpaired) electrons. The summed E-state index contributed by atoms with van der Waals surface area (Å²) in [7, 11) is 2.99. The molecule has 0 saturated heterocycles. The van der Waals surface area contributed by atoms with E-state index in [0.29, 0.717) is 11.6 Å². The summed E-state index contributed by atoms with van der Waals surface area (Å²) in [5, 5.41) is 0.630. The monoisotopic (exact) mass is 269 g/mol. The summed E-state index contributed by atoms with van der Waals surface area (Å²) < 4.78 is 4.49. The Kier molecular flexibility index (Phi) is 5.65. The van der Waals surface area contributed by atoms with E-state index >= 15 is 0 Å². The number of benzene rings is 1. The van der Waals surface area contributed by atoms with Gasteiger partial charge in [0.25, 0.3) is 0 Å². The van der Waals surface area contributed by atoms with Crippen molar-refractivity contribution in [3.8, 4) is 0 Å². The van der Waals surface area contributed by atoms with Crippen molar-refractivity contribution in [2.24, 2.45) is 0 Å². The molecule has 1 aromatic carbocycles. The third kappa shape index (κ3) is 4.37. The molecule has 0 bridgehead atoms. The number of hydrogen-bond donors (Lipinski definition) is 0. The SMILES string of the molecule is COC(=O)CCC(=O)N(C)Cc1ccccc1Cl. The first-order chi connectivity index (χ1) is 8.54. The van der Waals surface area contributed by atoms with E-state index in [1.54, 1.807) is 18.0 Å². The van der Waals surface area contributed by atoms with Crippen LogP contribution in [0.5, 0.6) is 0 Å². The molecule has 0 unspecified atom stereocenters. The molecule has 0 aliphatic carbocycles. The van der Waals surface area contributed by atoms with Crippen molar-refractivity contribution in [1.82, 2.24) is 4.90 Å². The van der Waals surface area contributed by atoms with E-state index in [0.717, 1.165) is 5.56 Å². The second-order valence-corrected chi connectivity index (χ2v) is 4.32. The molecule has 0 atom stereocenters. The lowest BCUT2D eigenvalue weighted by atomic mass is 10.2. The van der Waals surface area contributed by atoms with E-state index in [1.807, 2.05) is 18.2 Å². The largest absolute Gasteiger partial charge is 0.469 e. The van der Waals surface area contributed by atoms with Crippen LogP contribution in [0.2, 0.25) is 5.02 Å². The summed E-state index contributed by atoms with van der Waals surface area (Å²) >= 11 is 6.01. The fourth-order valence-corrected chi connectivity index (χ4v) is 1.67. The van der Waals surface area contributed by atoms with Crippen LogP contribution in [0.25, 0.3) is 0 Å². The van der Waals surface area contributed by atoms with Crippen LogP contribution in [-0.2, 0) is 20.9 Å². The highest BCUT2D eigenvalue weighted by Crippen LogP contribution is 2.16. The average Bonchev–Trinajstić information content (AvgIpc) is 2.38. The van der Waals surface area contributed by atoms with Crippen molar-refractivity contribution in [1.29, 1.82) is 0 Å². The van der Waals surface area contributed by atoms with E-state index in [-0.39, 0.29) is 24.7 Å². The van der Waals surface area contributed by atoms with Gasteiger partial charge in [0.05, 0.1) is 13.5 Å². The average molecular weight is 270 g/mol. The van der Waals surface area contributed by atoms with Gasteiger partial charge in [-0.15, -0.1) is 0 Å². The van der Waals surface area contributed by atoms with Crippen LogP contribution in [0, 0.1) is 0 Å². The standard InChI is InChI=1S/C13H16ClNO3/c1-15(12(16)7-8-13(17)18-2)9-10-5-3-4-6-11(10)14/h3-6H,7-9H2,1-2H3. The normalized spacial score (nSPS) is 9.94. The van der Waals surface area contributed by atoms with Gasteiger partial charge in [-0.2, -0.15) is 0 Å². The molecule has 1 amide bonds. The molecule has 0 aromatic heterocycles. The van der Waals surface area contributed by atoms with Crippen molar-refractivity contribution in [2.75, 3.05) is 14.2 Å². The number of ether oxygens (including phenoxy) is 1. The van der Waals surface area contributed by atoms with Crippen LogP contribution >= 0.6 is 11.6 Å². The minimum absolute atomic E-state index is 0.0994. The van der Waals surface area contributed by atoms with Crippen LogP contribution in [0.15, 0.2) is 24.3 Å². The predicted molar refractivity (Wildman–Crippen MR) is 69.2 cm³/mol. The number of amides is 1. The van der Waals surface area contributed by atoms with Crippen LogP contribution < -0.4 is 0 Å². The number of halogens is 1. The Morgan fingerprint density at radius 1 is 1.28 bits per heavy atom. The van der Waals surface area contributed by atoms with Crippen molar-refractivity contribution in [2.45, 2.75) is 19.4 Å². The number of nitrogens with zero attached hydrogens (tertiary/aromatic N) is 1. The Balaban J connectivity index is 2.50. The first-order valence-corrected chi connectivity index (χ1v) is 5.96. The fraction of sp³-hybridized carbons (Fsp3) is 0.385. The molecule has 0 saturated carbocycles. The van der Waals surface area contributed by atoms with Gasteiger partial charge in [0, 0.05) is 25.0 Å². The van der Waals surface area contributed by atoms with E-state index in [9.17, 15) is 9.59 Å².